The van der Waals surface area contributed by atoms with Gasteiger partial charge in [-0.25, -0.2) is 0 Å². The number of hydrogen-bond donors (Lipinski definition) is 2. The Labute approximate surface area is 85.6 Å². The molecule has 0 aromatic rings. The van der Waals surface area contributed by atoms with Crippen molar-refractivity contribution >= 4 is 0 Å². The second kappa shape index (κ2) is 6.35. The van der Waals surface area contributed by atoms with Crippen LogP contribution in [0.5, 0.6) is 0 Å². The lowest BCUT2D eigenvalue weighted by Gasteiger charge is -2.41. The van der Waals surface area contributed by atoms with Crippen LogP contribution in [0, 0.1) is 0 Å². The van der Waals surface area contributed by atoms with Crippen molar-refractivity contribution in [2.24, 2.45) is 0 Å². The van der Waals surface area contributed by atoms with E-state index in [4.69, 9.17) is 14.6 Å². The fraction of sp³-hybridized carbons (Fsp3) is 1.00. The van der Waals surface area contributed by atoms with Crippen LogP contribution in [-0.2, 0) is 9.47 Å². The summed E-state index contributed by atoms with van der Waals surface area (Å²) in [6.45, 7) is 3.02. The predicted octanol–water partition coefficient (Wildman–Crippen LogP) is 0.154. The molecular weight excluding hydrogens is 182 g/mol. The summed E-state index contributed by atoms with van der Waals surface area (Å²) < 4.78 is 10.2. The number of methoxy groups -OCH3 is 1. The third-order valence-corrected chi connectivity index (χ3v) is 2.79. The van der Waals surface area contributed by atoms with Gasteiger partial charge in [0.15, 0.2) is 0 Å². The van der Waals surface area contributed by atoms with E-state index in [0.717, 1.165) is 19.4 Å². The first-order valence-electron chi connectivity index (χ1n) is 5.25. The van der Waals surface area contributed by atoms with Gasteiger partial charge in [0.25, 0.3) is 0 Å². The van der Waals surface area contributed by atoms with E-state index in [9.17, 15) is 0 Å². The average Bonchev–Trinajstić information content (AvgIpc) is 2.15. The number of nitrogens with one attached hydrogen (secondary N) is 1. The van der Waals surface area contributed by atoms with Crippen molar-refractivity contribution in [3.8, 4) is 0 Å². The molecule has 0 aliphatic heterocycles. The lowest BCUT2D eigenvalue weighted by Crippen LogP contribution is -2.54. The number of aliphatic hydroxyl groups is 1. The Morgan fingerprint density at radius 1 is 1.29 bits per heavy atom. The molecule has 4 nitrogen and oxygen atoms in total. The van der Waals surface area contributed by atoms with Crippen molar-refractivity contribution in [1.29, 1.82) is 0 Å². The lowest BCUT2D eigenvalue weighted by atomic mass is 9.77. The maximum absolute atomic E-state index is 9.15. The van der Waals surface area contributed by atoms with Crippen molar-refractivity contribution in [1.82, 2.24) is 5.32 Å². The highest BCUT2D eigenvalue weighted by Gasteiger charge is 2.35. The molecule has 4 heteroatoms. The average molecular weight is 203 g/mol. The number of hydrogen-bond acceptors (Lipinski definition) is 4. The Bertz CT molecular complexity index is 143. The fourth-order valence-electron chi connectivity index (χ4n) is 1.63. The van der Waals surface area contributed by atoms with Crippen LogP contribution < -0.4 is 5.32 Å². The molecule has 1 fully saturated rings. The van der Waals surface area contributed by atoms with Crippen LogP contribution in [0.3, 0.4) is 0 Å². The predicted molar refractivity (Wildman–Crippen MR) is 54.4 cm³/mol. The van der Waals surface area contributed by atoms with Crippen LogP contribution in [0.4, 0.5) is 0 Å². The molecule has 0 heterocycles. The summed E-state index contributed by atoms with van der Waals surface area (Å²) >= 11 is 0. The zero-order chi connectivity index (χ0) is 10.3. The van der Waals surface area contributed by atoms with Crippen molar-refractivity contribution in [2.45, 2.75) is 24.8 Å². The Balaban J connectivity index is 1.92. The smallest absolute Gasteiger partial charge is 0.0700 e. The topological polar surface area (TPSA) is 50.7 Å². The number of rotatable bonds is 8. The Hall–Kier alpha value is -0.160. The molecule has 0 aromatic heterocycles. The first-order valence-corrected chi connectivity index (χ1v) is 5.25. The van der Waals surface area contributed by atoms with Gasteiger partial charge in [0, 0.05) is 19.2 Å². The highest BCUT2D eigenvalue weighted by atomic mass is 16.5. The fourth-order valence-corrected chi connectivity index (χ4v) is 1.63. The van der Waals surface area contributed by atoms with Crippen LogP contribution in [0.1, 0.15) is 19.3 Å². The minimum Gasteiger partial charge on any atom is -0.394 e. The highest BCUT2D eigenvalue weighted by molar-refractivity contribution is 4.95. The summed E-state index contributed by atoms with van der Waals surface area (Å²) in [5, 5.41) is 12.5. The van der Waals surface area contributed by atoms with E-state index in [-0.39, 0.29) is 12.1 Å². The van der Waals surface area contributed by atoms with Crippen LogP contribution in [0.15, 0.2) is 0 Å². The van der Waals surface area contributed by atoms with E-state index in [1.807, 2.05) is 0 Å². The van der Waals surface area contributed by atoms with Gasteiger partial charge in [-0.15, -0.1) is 0 Å². The molecule has 0 spiro atoms. The second-order valence-corrected chi connectivity index (χ2v) is 3.82. The zero-order valence-electron chi connectivity index (χ0n) is 8.92. The van der Waals surface area contributed by atoms with Gasteiger partial charge in [0.1, 0.15) is 0 Å². The summed E-state index contributed by atoms with van der Waals surface area (Å²) in [4.78, 5) is 0. The highest BCUT2D eigenvalue weighted by Crippen LogP contribution is 2.30. The maximum atomic E-state index is 9.15. The van der Waals surface area contributed by atoms with E-state index in [0.29, 0.717) is 19.8 Å². The van der Waals surface area contributed by atoms with Gasteiger partial charge in [-0.05, 0) is 19.3 Å². The number of aliphatic hydroxyl groups excluding tert-OH is 1. The van der Waals surface area contributed by atoms with Crippen LogP contribution in [0.2, 0.25) is 0 Å². The van der Waals surface area contributed by atoms with Crippen LogP contribution in [0.25, 0.3) is 0 Å². The summed E-state index contributed by atoms with van der Waals surface area (Å²) in [6.07, 6.45) is 3.39. The molecule has 1 aliphatic carbocycles. The summed E-state index contributed by atoms with van der Waals surface area (Å²) in [5.41, 5.74) is 0.00458. The zero-order valence-corrected chi connectivity index (χ0v) is 8.92. The quantitative estimate of drug-likeness (QED) is 0.552. The normalized spacial score (nSPS) is 19.3. The monoisotopic (exact) mass is 203 g/mol. The van der Waals surface area contributed by atoms with Crippen molar-refractivity contribution in [2.75, 3.05) is 40.1 Å². The van der Waals surface area contributed by atoms with Gasteiger partial charge < -0.3 is 19.9 Å². The molecule has 1 aliphatic rings. The third kappa shape index (κ3) is 3.53. The third-order valence-electron chi connectivity index (χ3n) is 2.79. The molecule has 0 amide bonds. The van der Waals surface area contributed by atoms with Gasteiger partial charge in [0.2, 0.25) is 0 Å². The SMILES string of the molecule is COCCOCCNC1(CO)CCC1. The molecule has 0 bridgehead atoms. The van der Waals surface area contributed by atoms with Gasteiger partial charge in [-0.1, -0.05) is 0 Å². The minimum atomic E-state index is 0.00458. The van der Waals surface area contributed by atoms with E-state index >= 15 is 0 Å². The van der Waals surface area contributed by atoms with Crippen LogP contribution >= 0.6 is 0 Å². The van der Waals surface area contributed by atoms with E-state index in [1.54, 1.807) is 7.11 Å². The van der Waals surface area contributed by atoms with E-state index in [2.05, 4.69) is 5.32 Å². The van der Waals surface area contributed by atoms with Gasteiger partial charge in [-0.3, -0.25) is 0 Å². The Morgan fingerprint density at radius 2 is 2.07 bits per heavy atom. The maximum Gasteiger partial charge on any atom is 0.0700 e. The van der Waals surface area contributed by atoms with Gasteiger partial charge in [-0.2, -0.15) is 0 Å². The van der Waals surface area contributed by atoms with E-state index < -0.39 is 0 Å². The Morgan fingerprint density at radius 3 is 2.57 bits per heavy atom. The Kier molecular flexibility index (Phi) is 5.40. The first kappa shape index (κ1) is 11.9. The van der Waals surface area contributed by atoms with Crippen molar-refractivity contribution in [3.05, 3.63) is 0 Å². The molecule has 0 saturated heterocycles. The minimum absolute atomic E-state index is 0.00458. The van der Waals surface area contributed by atoms with Gasteiger partial charge in [0.05, 0.1) is 26.4 Å². The number of ether oxygens (including phenoxy) is 2. The summed E-state index contributed by atoms with van der Waals surface area (Å²) in [6, 6.07) is 0. The molecule has 2 N–H and O–H groups in total. The van der Waals surface area contributed by atoms with E-state index in [1.165, 1.54) is 6.42 Å². The standard InChI is InChI=1S/C10H21NO3/c1-13-7-8-14-6-5-11-10(9-12)3-2-4-10/h11-12H,2-9H2,1H3. The molecule has 14 heavy (non-hydrogen) atoms. The van der Waals surface area contributed by atoms with Crippen LogP contribution in [-0.4, -0.2) is 50.7 Å². The largest absolute Gasteiger partial charge is 0.394 e. The van der Waals surface area contributed by atoms with Crippen molar-refractivity contribution < 1.29 is 14.6 Å². The lowest BCUT2D eigenvalue weighted by molar-refractivity contribution is 0.0514. The second-order valence-electron chi connectivity index (χ2n) is 3.82. The summed E-state index contributed by atoms with van der Waals surface area (Å²) in [7, 11) is 1.66. The molecule has 0 atom stereocenters. The molecular formula is C10H21NO3. The molecule has 84 valence electrons. The molecule has 1 rings (SSSR count). The van der Waals surface area contributed by atoms with Gasteiger partial charge >= 0.3 is 0 Å². The molecule has 1 saturated carbocycles. The first-order chi connectivity index (χ1) is 6.83. The molecule has 0 aromatic carbocycles. The van der Waals surface area contributed by atoms with Crippen molar-refractivity contribution in [3.63, 3.8) is 0 Å². The molecule has 0 unspecified atom stereocenters. The summed E-state index contributed by atoms with van der Waals surface area (Å²) in [5.74, 6) is 0. The molecule has 0 radical (unpaired) electrons.